The molecule has 1 aromatic rings. The van der Waals surface area contributed by atoms with E-state index in [2.05, 4.69) is 15.3 Å². The summed E-state index contributed by atoms with van der Waals surface area (Å²) in [5, 5.41) is 11.3. The molecule has 1 aromatic carbocycles. The molecule has 6 atom stereocenters. The van der Waals surface area contributed by atoms with Crippen LogP contribution in [0.25, 0.3) is 0 Å². The number of rotatable bonds is 3. The third-order valence-corrected chi connectivity index (χ3v) is 6.70. The van der Waals surface area contributed by atoms with Crippen LogP contribution in [0.15, 0.2) is 34.6 Å². The Hall–Kier alpha value is -1.91. The van der Waals surface area contributed by atoms with Crippen LogP contribution in [0, 0.1) is 23.7 Å². The van der Waals surface area contributed by atoms with Gasteiger partial charge in [0, 0.05) is 0 Å². The number of fused-ring (bicyclic) bond motifs is 8. The first-order valence-electron chi connectivity index (χ1n) is 9.25. The highest BCUT2D eigenvalue weighted by Gasteiger charge is 2.62. The van der Waals surface area contributed by atoms with Gasteiger partial charge in [0.25, 0.3) is 0 Å². The van der Waals surface area contributed by atoms with Gasteiger partial charge in [-0.25, -0.2) is 9.80 Å². The molecule has 1 heterocycles. The Bertz CT molecular complexity index is 686. The van der Waals surface area contributed by atoms with Crippen molar-refractivity contribution in [3.8, 4) is 0 Å². The van der Waals surface area contributed by atoms with Gasteiger partial charge in [0.1, 0.15) is 0 Å². The molecule has 1 aliphatic heterocycles. The monoisotopic (exact) mass is 325 g/mol. The van der Waals surface area contributed by atoms with Gasteiger partial charge in [-0.2, -0.15) is 5.11 Å². The van der Waals surface area contributed by atoms with E-state index in [1.165, 1.54) is 25.7 Å². The van der Waals surface area contributed by atoms with E-state index in [1.807, 2.05) is 31.2 Å². The molecule has 3 fully saturated rings. The van der Waals surface area contributed by atoms with Crippen molar-refractivity contribution in [1.82, 2.24) is 0 Å². The van der Waals surface area contributed by atoms with Crippen molar-refractivity contribution in [2.45, 2.75) is 44.7 Å². The fraction of sp³-hybridized carbons (Fsp3) is 0.632. The van der Waals surface area contributed by atoms with Crippen molar-refractivity contribution < 1.29 is 9.53 Å². The van der Waals surface area contributed by atoms with E-state index in [-0.39, 0.29) is 5.97 Å². The summed E-state index contributed by atoms with van der Waals surface area (Å²) in [7, 11) is 0. The lowest BCUT2D eigenvalue weighted by molar-refractivity contribution is 0.0526. The molecule has 126 valence electrons. The summed E-state index contributed by atoms with van der Waals surface area (Å²) in [5.41, 5.74) is 1.64. The maximum atomic E-state index is 11.8. The summed E-state index contributed by atoms with van der Waals surface area (Å²) in [6, 6.07) is 8.45. The lowest BCUT2D eigenvalue weighted by Gasteiger charge is -2.35. The number of carbonyl (C=O) groups is 1. The van der Waals surface area contributed by atoms with E-state index in [9.17, 15) is 4.79 Å². The minimum absolute atomic E-state index is 0.265. The fourth-order valence-corrected chi connectivity index (χ4v) is 5.88. The predicted molar refractivity (Wildman–Crippen MR) is 89.7 cm³/mol. The van der Waals surface area contributed by atoms with Crippen molar-refractivity contribution in [1.29, 1.82) is 0 Å². The zero-order valence-electron chi connectivity index (χ0n) is 14.0. The SMILES string of the molecule is CCOC(=O)c1ccc(N2N=N[C@H]3[C@@H]4C[C@H]([C@H]5CCC[C@@H]54)[C@H]32)cc1. The van der Waals surface area contributed by atoms with Gasteiger partial charge in [-0.15, -0.1) is 0 Å². The molecule has 0 spiro atoms. The number of hydrogen-bond acceptors (Lipinski definition) is 5. The van der Waals surface area contributed by atoms with Crippen molar-refractivity contribution in [2.75, 3.05) is 11.6 Å². The largest absolute Gasteiger partial charge is 0.462 e. The Morgan fingerprint density at radius 2 is 1.92 bits per heavy atom. The topological polar surface area (TPSA) is 54.3 Å². The molecular formula is C19H23N3O2. The van der Waals surface area contributed by atoms with Crippen LogP contribution in [0.1, 0.15) is 43.0 Å². The molecule has 24 heavy (non-hydrogen) atoms. The Morgan fingerprint density at radius 3 is 2.67 bits per heavy atom. The first kappa shape index (κ1) is 14.4. The molecule has 3 aliphatic carbocycles. The molecule has 5 heteroatoms. The van der Waals surface area contributed by atoms with Gasteiger partial charge in [0.15, 0.2) is 0 Å². The minimum atomic E-state index is -0.265. The van der Waals surface area contributed by atoms with E-state index in [4.69, 9.17) is 4.74 Å². The molecule has 0 aromatic heterocycles. The van der Waals surface area contributed by atoms with Gasteiger partial charge in [-0.3, -0.25) is 0 Å². The van der Waals surface area contributed by atoms with Crippen LogP contribution in [0.4, 0.5) is 5.69 Å². The number of hydrogen-bond donors (Lipinski definition) is 0. The second kappa shape index (κ2) is 5.30. The Kier molecular flexibility index (Phi) is 3.19. The van der Waals surface area contributed by atoms with Crippen LogP contribution >= 0.6 is 0 Å². The highest BCUT2D eigenvalue weighted by atomic mass is 16.5. The lowest BCUT2D eigenvalue weighted by Crippen LogP contribution is -2.44. The zero-order chi connectivity index (χ0) is 16.3. The van der Waals surface area contributed by atoms with Gasteiger partial charge < -0.3 is 4.74 Å². The van der Waals surface area contributed by atoms with E-state index >= 15 is 0 Å². The van der Waals surface area contributed by atoms with Crippen molar-refractivity contribution >= 4 is 11.7 Å². The smallest absolute Gasteiger partial charge is 0.338 e. The van der Waals surface area contributed by atoms with Gasteiger partial charge in [0.05, 0.1) is 29.9 Å². The average molecular weight is 325 g/mol. The van der Waals surface area contributed by atoms with E-state index in [1.54, 1.807) is 0 Å². The number of anilines is 1. The molecule has 0 radical (unpaired) electrons. The second-order valence-corrected chi connectivity index (χ2v) is 7.62. The molecular weight excluding hydrogens is 302 g/mol. The minimum Gasteiger partial charge on any atom is -0.462 e. The average Bonchev–Trinajstić information content (AvgIpc) is 3.33. The van der Waals surface area contributed by atoms with Crippen LogP contribution < -0.4 is 5.01 Å². The standard InChI is InChI=1S/C19H23N3O2/c1-2-24-19(23)11-6-8-12(9-7-11)22-18-16-10-15(17(18)20-21-22)13-4-3-5-14(13)16/h6-9,13-18H,2-5,10H2,1H3/t13-,14-,15+,16+,17-,18+/m0/s1. The number of nitrogens with zero attached hydrogens (tertiary/aromatic N) is 3. The summed E-state index contributed by atoms with van der Waals surface area (Å²) in [6.45, 7) is 2.22. The molecule has 0 saturated heterocycles. The number of benzene rings is 1. The van der Waals surface area contributed by atoms with Crippen molar-refractivity contribution in [3.05, 3.63) is 29.8 Å². The number of esters is 1. The van der Waals surface area contributed by atoms with Crippen molar-refractivity contribution in [3.63, 3.8) is 0 Å². The summed E-state index contributed by atoms with van der Waals surface area (Å²) < 4.78 is 5.06. The first-order valence-corrected chi connectivity index (χ1v) is 9.25. The molecule has 5 rings (SSSR count). The molecule has 5 nitrogen and oxygen atoms in total. The number of ether oxygens (including phenoxy) is 1. The van der Waals surface area contributed by atoms with E-state index in [0.717, 1.165) is 29.4 Å². The Labute approximate surface area is 142 Å². The molecule has 4 aliphatic rings. The lowest BCUT2D eigenvalue weighted by atomic mass is 9.76. The predicted octanol–water partition coefficient (Wildman–Crippen LogP) is 3.85. The van der Waals surface area contributed by atoms with Gasteiger partial charge in [-0.05, 0) is 74.1 Å². The maximum absolute atomic E-state index is 11.8. The van der Waals surface area contributed by atoms with Crippen LogP contribution in [0.2, 0.25) is 0 Å². The van der Waals surface area contributed by atoms with Gasteiger partial charge in [0.2, 0.25) is 0 Å². The summed E-state index contributed by atoms with van der Waals surface area (Å²) in [5.74, 6) is 3.02. The van der Waals surface area contributed by atoms with Gasteiger partial charge >= 0.3 is 5.97 Å². The highest BCUT2D eigenvalue weighted by Crippen LogP contribution is 2.62. The Balaban J connectivity index is 1.39. The molecule has 0 unspecified atom stereocenters. The van der Waals surface area contributed by atoms with Crippen LogP contribution in [-0.2, 0) is 4.74 Å². The van der Waals surface area contributed by atoms with E-state index < -0.39 is 0 Å². The first-order chi connectivity index (χ1) is 11.8. The molecule has 0 amide bonds. The molecule has 2 bridgehead atoms. The maximum Gasteiger partial charge on any atom is 0.338 e. The quantitative estimate of drug-likeness (QED) is 0.793. The second-order valence-electron chi connectivity index (χ2n) is 7.62. The zero-order valence-corrected chi connectivity index (χ0v) is 14.0. The van der Waals surface area contributed by atoms with E-state index in [0.29, 0.717) is 24.3 Å². The van der Waals surface area contributed by atoms with Crippen LogP contribution in [0.5, 0.6) is 0 Å². The fourth-order valence-electron chi connectivity index (χ4n) is 5.88. The van der Waals surface area contributed by atoms with Gasteiger partial charge in [-0.1, -0.05) is 11.6 Å². The summed E-state index contributed by atoms with van der Waals surface area (Å²) >= 11 is 0. The highest BCUT2D eigenvalue weighted by molar-refractivity contribution is 5.89. The molecule has 3 saturated carbocycles. The third kappa shape index (κ3) is 1.90. The normalized spacial score (nSPS) is 38.5. The molecule has 0 N–H and O–H groups in total. The Morgan fingerprint density at radius 1 is 1.17 bits per heavy atom. The summed E-state index contributed by atoms with van der Waals surface area (Å²) in [6.07, 6.45) is 5.53. The number of carbonyl (C=O) groups excluding carboxylic acids is 1. The van der Waals surface area contributed by atoms with Crippen molar-refractivity contribution in [2.24, 2.45) is 34.0 Å². The van der Waals surface area contributed by atoms with Crippen LogP contribution in [0.3, 0.4) is 0 Å². The third-order valence-electron chi connectivity index (χ3n) is 6.70. The van der Waals surface area contributed by atoms with Crippen LogP contribution in [-0.4, -0.2) is 24.7 Å². The summed E-state index contributed by atoms with van der Waals surface area (Å²) in [4.78, 5) is 11.8.